The number of methoxy groups -OCH3 is 1. The van der Waals surface area contributed by atoms with E-state index < -0.39 is 0 Å². The highest BCUT2D eigenvalue weighted by molar-refractivity contribution is 5.92. The number of pyridine rings is 1. The molecule has 4 heteroatoms. The lowest BCUT2D eigenvalue weighted by Crippen LogP contribution is -2.42. The molecule has 1 aliphatic rings. The number of rotatable bonds is 4. The maximum atomic E-state index is 5.33. The predicted molar refractivity (Wildman–Crippen MR) is 87.0 cm³/mol. The SMILES string of the molecule is COc1ccc2ccnc(NCC3(C)CCCNC3)c2c1. The Morgan fingerprint density at radius 3 is 3.05 bits per heavy atom. The Balaban J connectivity index is 1.82. The fourth-order valence-corrected chi connectivity index (χ4v) is 2.98. The van der Waals surface area contributed by atoms with Crippen LogP contribution in [0.1, 0.15) is 19.8 Å². The van der Waals surface area contributed by atoms with Gasteiger partial charge in [-0.25, -0.2) is 4.98 Å². The van der Waals surface area contributed by atoms with Crippen LogP contribution >= 0.6 is 0 Å². The van der Waals surface area contributed by atoms with Gasteiger partial charge in [0, 0.05) is 24.7 Å². The lowest BCUT2D eigenvalue weighted by Gasteiger charge is -2.34. The van der Waals surface area contributed by atoms with Crippen molar-refractivity contribution in [3.8, 4) is 5.75 Å². The number of anilines is 1. The van der Waals surface area contributed by atoms with Gasteiger partial charge >= 0.3 is 0 Å². The van der Waals surface area contributed by atoms with E-state index in [-0.39, 0.29) is 0 Å². The molecule has 2 N–H and O–H groups in total. The highest BCUT2D eigenvalue weighted by atomic mass is 16.5. The number of fused-ring (bicyclic) bond motifs is 1. The van der Waals surface area contributed by atoms with E-state index in [2.05, 4.69) is 28.6 Å². The zero-order valence-corrected chi connectivity index (χ0v) is 12.8. The van der Waals surface area contributed by atoms with Gasteiger partial charge in [-0.15, -0.1) is 0 Å². The van der Waals surface area contributed by atoms with E-state index in [1.54, 1.807) is 7.11 Å². The number of benzene rings is 1. The van der Waals surface area contributed by atoms with Crippen molar-refractivity contribution in [1.82, 2.24) is 10.3 Å². The molecule has 0 saturated carbocycles. The van der Waals surface area contributed by atoms with Crippen molar-refractivity contribution in [1.29, 1.82) is 0 Å². The Labute approximate surface area is 125 Å². The zero-order chi connectivity index (χ0) is 14.7. The van der Waals surface area contributed by atoms with Crippen LogP contribution in [-0.4, -0.2) is 31.7 Å². The Morgan fingerprint density at radius 2 is 2.29 bits per heavy atom. The van der Waals surface area contributed by atoms with E-state index in [9.17, 15) is 0 Å². The van der Waals surface area contributed by atoms with E-state index in [1.165, 1.54) is 18.2 Å². The zero-order valence-electron chi connectivity index (χ0n) is 12.8. The Morgan fingerprint density at radius 1 is 1.38 bits per heavy atom. The molecule has 4 nitrogen and oxygen atoms in total. The molecule has 2 heterocycles. The average molecular weight is 285 g/mol. The first kappa shape index (κ1) is 14.1. The third kappa shape index (κ3) is 3.10. The third-order valence-electron chi connectivity index (χ3n) is 4.34. The maximum Gasteiger partial charge on any atom is 0.133 e. The van der Waals surface area contributed by atoms with Crippen molar-refractivity contribution in [2.24, 2.45) is 5.41 Å². The molecule has 0 bridgehead atoms. The summed E-state index contributed by atoms with van der Waals surface area (Å²) in [5.74, 6) is 1.81. The normalized spacial score (nSPS) is 22.2. The van der Waals surface area contributed by atoms with Crippen molar-refractivity contribution in [2.75, 3.05) is 32.1 Å². The fraction of sp³-hybridized carbons (Fsp3) is 0.471. The van der Waals surface area contributed by atoms with Gasteiger partial charge in [0.15, 0.2) is 0 Å². The van der Waals surface area contributed by atoms with Crippen molar-refractivity contribution >= 4 is 16.6 Å². The first-order valence-electron chi connectivity index (χ1n) is 7.58. The molecule has 1 saturated heterocycles. The maximum absolute atomic E-state index is 5.33. The van der Waals surface area contributed by atoms with Crippen molar-refractivity contribution < 1.29 is 4.74 Å². The minimum Gasteiger partial charge on any atom is -0.497 e. The largest absolute Gasteiger partial charge is 0.497 e. The quantitative estimate of drug-likeness (QED) is 0.906. The van der Waals surface area contributed by atoms with Crippen LogP contribution < -0.4 is 15.4 Å². The number of nitrogens with zero attached hydrogens (tertiary/aromatic N) is 1. The minimum atomic E-state index is 0.293. The molecule has 0 aliphatic carbocycles. The summed E-state index contributed by atoms with van der Waals surface area (Å²) in [5, 5.41) is 9.32. The van der Waals surface area contributed by atoms with Crippen LogP contribution in [0.4, 0.5) is 5.82 Å². The van der Waals surface area contributed by atoms with Gasteiger partial charge in [0.2, 0.25) is 0 Å². The predicted octanol–water partition coefficient (Wildman–Crippen LogP) is 3.05. The number of hydrogen-bond donors (Lipinski definition) is 2. The molecule has 2 aromatic rings. The molecule has 0 spiro atoms. The molecule has 1 fully saturated rings. The highest BCUT2D eigenvalue weighted by Crippen LogP contribution is 2.29. The van der Waals surface area contributed by atoms with Gasteiger partial charge in [0.05, 0.1) is 7.11 Å². The monoisotopic (exact) mass is 285 g/mol. The third-order valence-corrected chi connectivity index (χ3v) is 4.34. The molecule has 0 radical (unpaired) electrons. The molecule has 1 aromatic carbocycles. The summed E-state index contributed by atoms with van der Waals surface area (Å²) in [4.78, 5) is 4.51. The molecule has 0 amide bonds. The second kappa shape index (κ2) is 5.90. The van der Waals surface area contributed by atoms with Crippen LogP contribution in [-0.2, 0) is 0 Å². The molecular formula is C17H23N3O. The van der Waals surface area contributed by atoms with Crippen LogP contribution in [0.5, 0.6) is 5.75 Å². The van der Waals surface area contributed by atoms with Crippen LogP contribution in [0.3, 0.4) is 0 Å². The minimum absolute atomic E-state index is 0.293. The summed E-state index contributed by atoms with van der Waals surface area (Å²) in [7, 11) is 1.69. The second-order valence-corrected chi connectivity index (χ2v) is 6.19. The summed E-state index contributed by atoms with van der Waals surface area (Å²) >= 11 is 0. The Hall–Kier alpha value is -1.81. The van der Waals surface area contributed by atoms with Crippen LogP contribution in [0, 0.1) is 5.41 Å². The number of piperidine rings is 1. The smallest absolute Gasteiger partial charge is 0.133 e. The Bertz CT molecular complexity index is 620. The van der Waals surface area contributed by atoms with E-state index in [0.29, 0.717) is 5.41 Å². The molecule has 21 heavy (non-hydrogen) atoms. The summed E-state index contributed by atoms with van der Waals surface area (Å²) in [6, 6.07) is 8.14. The van der Waals surface area contributed by atoms with Gasteiger partial charge in [-0.3, -0.25) is 0 Å². The molecule has 1 aromatic heterocycles. The molecule has 3 rings (SSSR count). The van der Waals surface area contributed by atoms with Gasteiger partial charge in [0.1, 0.15) is 11.6 Å². The number of nitrogens with one attached hydrogen (secondary N) is 2. The lowest BCUT2D eigenvalue weighted by atomic mass is 9.83. The van der Waals surface area contributed by atoms with Gasteiger partial charge in [0.25, 0.3) is 0 Å². The van der Waals surface area contributed by atoms with Gasteiger partial charge in [-0.1, -0.05) is 13.0 Å². The van der Waals surface area contributed by atoms with E-state index in [1.807, 2.05) is 24.4 Å². The molecule has 1 atom stereocenters. The molecule has 1 aliphatic heterocycles. The van der Waals surface area contributed by atoms with Crippen molar-refractivity contribution in [3.05, 3.63) is 30.5 Å². The highest BCUT2D eigenvalue weighted by Gasteiger charge is 2.26. The van der Waals surface area contributed by atoms with E-state index in [0.717, 1.165) is 36.6 Å². The summed E-state index contributed by atoms with van der Waals surface area (Å²) < 4.78 is 5.33. The molecule has 1 unspecified atom stereocenters. The van der Waals surface area contributed by atoms with E-state index in [4.69, 9.17) is 4.74 Å². The van der Waals surface area contributed by atoms with Crippen molar-refractivity contribution in [3.63, 3.8) is 0 Å². The first-order valence-corrected chi connectivity index (χ1v) is 7.58. The lowest BCUT2D eigenvalue weighted by molar-refractivity contribution is 0.253. The number of aromatic nitrogens is 1. The number of hydrogen-bond acceptors (Lipinski definition) is 4. The van der Waals surface area contributed by atoms with Crippen LogP contribution in [0.25, 0.3) is 10.8 Å². The van der Waals surface area contributed by atoms with Gasteiger partial charge in [-0.05, 0) is 48.4 Å². The van der Waals surface area contributed by atoms with Crippen LogP contribution in [0.2, 0.25) is 0 Å². The number of ether oxygens (including phenoxy) is 1. The van der Waals surface area contributed by atoms with Crippen LogP contribution in [0.15, 0.2) is 30.5 Å². The molecule has 112 valence electrons. The summed E-state index contributed by atoms with van der Waals surface area (Å²) in [6.45, 7) is 5.47. The second-order valence-electron chi connectivity index (χ2n) is 6.19. The summed E-state index contributed by atoms with van der Waals surface area (Å²) in [5.41, 5.74) is 0.293. The average Bonchev–Trinajstić information content (AvgIpc) is 2.53. The van der Waals surface area contributed by atoms with Crippen molar-refractivity contribution in [2.45, 2.75) is 19.8 Å². The topological polar surface area (TPSA) is 46.2 Å². The fourth-order valence-electron chi connectivity index (χ4n) is 2.98. The van der Waals surface area contributed by atoms with Gasteiger partial charge in [-0.2, -0.15) is 0 Å². The first-order chi connectivity index (χ1) is 10.2. The van der Waals surface area contributed by atoms with Gasteiger partial charge < -0.3 is 15.4 Å². The van der Waals surface area contributed by atoms with E-state index >= 15 is 0 Å². The Kier molecular flexibility index (Phi) is 3.97. The standard InChI is InChI=1S/C17H23N3O/c1-17(7-3-8-18-11-17)12-20-16-15-10-14(21-2)5-4-13(15)6-9-19-16/h4-6,9-10,18H,3,7-8,11-12H2,1-2H3,(H,19,20). The summed E-state index contributed by atoms with van der Waals surface area (Å²) in [6.07, 6.45) is 4.36. The molecular weight excluding hydrogens is 262 g/mol.